The Morgan fingerprint density at radius 1 is 0.935 bits per heavy atom. The molecule has 5 rings (SSSR count). The molecule has 0 spiro atoms. The first-order valence-corrected chi connectivity index (χ1v) is 10.2. The Hall–Kier alpha value is -3.58. The zero-order chi connectivity index (χ0) is 21.2. The van der Waals surface area contributed by atoms with Gasteiger partial charge in [-0.2, -0.15) is 0 Å². The Morgan fingerprint density at radius 3 is 2.58 bits per heavy atom. The lowest BCUT2D eigenvalue weighted by atomic mass is 9.96. The largest absolute Gasteiger partial charge is 0.497 e. The maximum Gasteiger partial charge on any atom is 0.165 e. The number of halogens is 1. The average molecular weight is 415 g/mol. The molecular formula is C24H22FN5O. The number of methoxy groups -OCH3 is 1. The van der Waals surface area contributed by atoms with Gasteiger partial charge in [-0.25, -0.2) is 4.39 Å². The number of hydrogen-bond donors (Lipinski definition) is 0. The van der Waals surface area contributed by atoms with Crippen molar-refractivity contribution in [3.8, 4) is 17.1 Å². The summed E-state index contributed by atoms with van der Waals surface area (Å²) in [6, 6.07) is 20.1. The van der Waals surface area contributed by atoms with Crippen molar-refractivity contribution in [2.24, 2.45) is 0 Å². The van der Waals surface area contributed by atoms with Gasteiger partial charge in [0.1, 0.15) is 17.4 Å². The summed E-state index contributed by atoms with van der Waals surface area (Å²) in [7, 11) is 1.68. The van der Waals surface area contributed by atoms with Crippen LogP contribution in [-0.4, -0.2) is 38.3 Å². The molecule has 0 bridgehead atoms. The molecule has 0 saturated carbocycles. The molecule has 0 amide bonds. The molecular weight excluding hydrogens is 393 g/mol. The molecule has 0 aliphatic carbocycles. The predicted molar refractivity (Wildman–Crippen MR) is 115 cm³/mol. The summed E-state index contributed by atoms with van der Waals surface area (Å²) in [6.07, 6.45) is 2.81. The van der Waals surface area contributed by atoms with Crippen LogP contribution in [0.3, 0.4) is 0 Å². The van der Waals surface area contributed by atoms with Crippen molar-refractivity contribution in [1.29, 1.82) is 0 Å². The van der Waals surface area contributed by atoms with Gasteiger partial charge in [0.15, 0.2) is 5.82 Å². The van der Waals surface area contributed by atoms with Crippen molar-refractivity contribution in [2.45, 2.75) is 19.1 Å². The zero-order valence-electron chi connectivity index (χ0n) is 17.1. The van der Waals surface area contributed by atoms with Gasteiger partial charge in [-0.05, 0) is 29.3 Å². The number of ether oxygens (including phenoxy) is 1. The molecule has 0 N–H and O–H groups in total. The van der Waals surface area contributed by atoms with E-state index in [0.717, 1.165) is 23.7 Å². The van der Waals surface area contributed by atoms with Crippen LogP contribution < -0.4 is 4.74 Å². The van der Waals surface area contributed by atoms with Crippen LogP contribution in [0.4, 0.5) is 4.39 Å². The number of hydrogen-bond acceptors (Lipinski definition) is 5. The van der Waals surface area contributed by atoms with Gasteiger partial charge >= 0.3 is 0 Å². The van der Waals surface area contributed by atoms with Crippen LogP contribution in [0.1, 0.15) is 23.0 Å². The highest BCUT2D eigenvalue weighted by Gasteiger charge is 2.29. The third kappa shape index (κ3) is 3.80. The average Bonchev–Trinajstić information content (AvgIpc) is 3.24. The second-order valence-electron chi connectivity index (χ2n) is 7.54. The van der Waals surface area contributed by atoms with Crippen molar-refractivity contribution in [1.82, 2.24) is 24.6 Å². The molecule has 4 aromatic rings. The van der Waals surface area contributed by atoms with Crippen molar-refractivity contribution >= 4 is 0 Å². The molecule has 0 saturated heterocycles. The zero-order valence-corrected chi connectivity index (χ0v) is 17.1. The van der Waals surface area contributed by atoms with Crippen molar-refractivity contribution < 1.29 is 9.13 Å². The van der Waals surface area contributed by atoms with Gasteiger partial charge in [0.05, 0.1) is 25.9 Å². The molecule has 2 aromatic carbocycles. The minimum absolute atomic E-state index is 0.0565. The number of rotatable bonds is 5. The molecule has 1 aliphatic rings. The minimum Gasteiger partial charge on any atom is -0.497 e. The Morgan fingerprint density at radius 2 is 1.77 bits per heavy atom. The monoisotopic (exact) mass is 415 g/mol. The van der Waals surface area contributed by atoms with Gasteiger partial charge in [0, 0.05) is 24.8 Å². The lowest BCUT2D eigenvalue weighted by molar-refractivity contribution is 0.176. The molecule has 31 heavy (non-hydrogen) atoms. The normalized spacial score (nSPS) is 14.8. The molecule has 6 nitrogen and oxygen atoms in total. The van der Waals surface area contributed by atoms with Gasteiger partial charge in [-0.3, -0.25) is 9.88 Å². The Bertz CT molecular complexity index is 1190. The Balaban J connectivity index is 1.50. The van der Waals surface area contributed by atoms with E-state index in [4.69, 9.17) is 4.74 Å². The molecule has 3 heterocycles. The van der Waals surface area contributed by atoms with E-state index >= 15 is 0 Å². The summed E-state index contributed by atoms with van der Waals surface area (Å²) in [6.45, 7) is 2.14. The van der Waals surface area contributed by atoms with Gasteiger partial charge in [-0.1, -0.05) is 42.5 Å². The van der Waals surface area contributed by atoms with Crippen molar-refractivity contribution in [3.63, 3.8) is 0 Å². The van der Waals surface area contributed by atoms with Gasteiger partial charge < -0.3 is 9.30 Å². The van der Waals surface area contributed by atoms with Crippen LogP contribution in [0.5, 0.6) is 5.75 Å². The van der Waals surface area contributed by atoms with E-state index in [2.05, 4.69) is 61.0 Å². The maximum absolute atomic E-state index is 13.7. The quantitative estimate of drug-likeness (QED) is 0.491. The molecule has 156 valence electrons. The van der Waals surface area contributed by atoms with Crippen LogP contribution >= 0.6 is 0 Å². The summed E-state index contributed by atoms with van der Waals surface area (Å²) < 4.78 is 21.2. The lowest BCUT2D eigenvalue weighted by Crippen LogP contribution is -2.37. The SMILES string of the molecule is COc1cccc(C(c2ccccc2)N2CCn3c(nnc3-c3cncc(F)c3)C2)c1. The minimum atomic E-state index is -0.380. The first-order valence-electron chi connectivity index (χ1n) is 10.2. The van der Waals surface area contributed by atoms with E-state index in [1.807, 2.05) is 18.2 Å². The first kappa shape index (κ1) is 19.4. The molecule has 1 aliphatic heterocycles. The second-order valence-corrected chi connectivity index (χ2v) is 7.54. The molecule has 2 aromatic heterocycles. The summed E-state index contributed by atoms with van der Waals surface area (Å²) in [5.74, 6) is 1.96. The molecule has 0 fully saturated rings. The standard InChI is InChI=1S/C24H22FN5O/c1-31-21-9-5-8-18(13-21)23(17-6-3-2-4-7-17)29-10-11-30-22(16-29)27-28-24(30)19-12-20(25)15-26-14-19/h2-9,12-15,23H,10-11,16H2,1H3. The number of fused-ring (bicyclic) bond motifs is 1. The fourth-order valence-electron chi connectivity index (χ4n) is 4.21. The molecule has 7 heteroatoms. The van der Waals surface area contributed by atoms with E-state index in [1.165, 1.54) is 17.8 Å². The molecule has 1 atom stereocenters. The molecule has 1 unspecified atom stereocenters. The van der Waals surface area contributed by atoms with E-state index in [0.29, 0.717) is 24.5 Å². The van der Waals surface area contributed by atoms with Crippen LogP contribution in [0.2, 0.25) is 0 Å². The Kier molecular flexibility index (Phi) is 5.18. The summed E-state index contributed by atoms with van der Waals surface area (Å²) in [4.78, 5) is 6.34. The van der Waals surface area contributed by atoms with E-state index in [-0.39, 0.29) is 11.9 Å². The van der Waals surface area contributed by atoms with Crippen LogP contribution in [0, 0.1) is 5.82 Å². The summed E-state index contributed by atoms with van der Waals surface area (Å²) in [5.41, 5.74) is 3.01. The predicted octanol–water partition coefficient (Wildman–Crippen LogP) is 4.09. The first-order chi connectivity index (χ1) is 15.2. The number of pyridine rings is 1. The van der Waals surface area contributed by atoms with Gasteiger partial charge in [-0.15, -0.1) is 10.2 Å². The fraction of sp³-hybridized carbons (Fsp3) is 0.208. The van der Waals surface area contributed by atoms with Crippen molar-refractivity contribution in [3.05, 3.63) is 95.8 Å². The summed E-state index contributed by atoms with van der Waals surface area (Å²) in [5, 5.41) is 8.75. The highest BCUT2D eigenvalue weighted by molar-refractivity contribution is 5.54. The number of benzene rings is 2. The molecule has 0 radical (unpaired) electrons. The van der Waals surface area contributed by atoms with Crippen LogP contribution in [0.15, 0.2) is 73.1 Å². The van der Waals surface area contributed by atoms with Crippen molar-refractivity contribution in [2.75, 3.05) is 13.7 Å². The highest BCUT2D eigenvalue weighted by Crippen LogP contribution is 2.34. The smallest absolute Gasteiger partial charge is 0.165 e. The highest BCUT2D eigenvalue weighted by atomic mass is 19.1. The number of nitrogens with zero attached hydrogens (tertiary/aromatic N) is 5. The third-order valence-electron chi connectivity index (χ3n) is 5.64. The van der Waals surface area contributed by atoms with Gasteiger partial charge in [0.25, 0.3) is 0 Å². The third-order valence-corrected chi connectivity index (χ3v) is 5.64. The van der Waals surface area contributed by atoms with Crippen LogP contribution in [-0.2, 0) is 13.1 Å². The van der Waals surface area contributed by atoms with E-state index < -0.39 is 0 Å². The van der Waals surface area contributed by atoms with E-state index in [9.17, 15) is 4.39 Å². The number of aromatic nitrogens is 4. The topological polar surface area (TPSA) is 56.1 Å². The second kappa shape index (κ2) is 8.28. The van der Waals surface area contributed by atoms with E-state index in [1.54, 1.807) is 13.3 Å². The van der Waals surface area contributed by atoms with Crippen LogP contribution in [0.25, 0.3) is 11.4 Å². The fourth-order valence-corrected chi connectivity index (χ4v) is 4.21. The Labute approximate surface area is 180 Å². The lowest BCUT2D eigenvalue weighted by Gasteiger charge is -2.35. The van der Waals surface area contributed by atoms with Gasteiger partial charge in [0.2, 0.25) is 0 Å². The summed E-state index contributed by atoms with van der Waals surface area (Å²) >= 11 is 0. The maximum atomic E-state index is 13.7.